The van der Waals surface area contributed by atoms with Crippen LogP contribution >= 0.6 is 0 Å². The molecule has 0 atom stereocenters. The number of carbonyl (C=O) groups excluding carboxylic acids is 2. The Hall–Kier alpha value is -1.10. The number of carbonyl (C=O) groups is 2. The van der Waals surface area contributed by atoms with Crippen LogP contribution in [-0.4, -0.2) is 34.9 Å². The van der Waals surface area contributed by atoms with Crippen LogP contribution in [0.5, 0.6) is 0 Å². The van der Waals surface area contributed by atoms with Crippen molar-refractivity contribution in [1.82, 2.24) is 0 Å². The molecule has 1 fully saturated rings. The zero-order valence-corrected chi connectivity index (χ0v) is 12.0. The van der Waals surface area contributed by atoms with Gasteiger partial charge in [-0.1, -0.05) is 0 Å². The first-order valence-electron chi connectivity index (χ1n) is 6.85. The standard InChI is InChI=1S/C14H24O5/c1-14(2,3)19-13(17)9-8-12(16)18-11-6-4-10(15)5-7-11/h10-11,15H,4-9H2,1-3H3/t10-,11+. The molecule has 1 rings (SSSR count). The van der Waals surface area contributed by atoms with Gasteiger partial charge in [0.25, 0.3) is 0 Å². The number of esters is 2. The third-order valence-corrected chi connectivity index (χ3v) is 2.90. The Labute approximate surface area is 114 Å². The number of rotatable bonds is 4. The summed E-state index contributed by atoms with van der Waals surface area (Å²) in [4.78, 5) is 23.0. The van der Waals surface area contributed by atoms with Gasteiger partial charge in [0, 0.05) is 0 Å². The van der Waals surface area contributed by atoms with Crippen LogP contribution in [0.15, 0.2) is 0 Å². The van der Waals surface area contributed by atoms with Gasteiger partial charge in [-0.15, -0.1) is 0 Å². The zero-order valence-electron chi connectivity index (χ0n) is 12.0. The maximum Gasteiger partial charge on any atom is 0.306 e. The summed E-state index contributed by atoms with van der Waals surface area (Å²) in [6, 6.07) is 0. The summed E-state index contributed by atoms with van der Waals surface area (Å²) >= 11 is 0. The topological polar surface area (TPSA) is 72.8 Å². The SMILES string of the molecule is CC(C)(C)OC(=O)CCC(=O)O[C@H]1CC[C@@H](O)CC1. The lowest BCUT2D eigenvalue weighted by Crippen LogP contribution is -2.27. The Morgan fingerprint density at radius 3 is 2.11 bits per heavy atom. The highest BCUT2D eigenvalue weighted by Gasteiger charge is 2.23. The summed E-state index contributed by atoms with van der Waals surface area (Å²) in [5.74, 6) is -0.754. The average Bonchev–Trinajstić information content (AvgIpc) is 2.27. The molecule has 0 saturated heterocycles. The van der Waals surface area contributed by atoms with E-state index in [0.717, 1.165) is 0 Å². The fourth-order valence-electron chi connectivity index (χ4n) is 2.00. The van der Waals surface area contributed by atoms with Gasteiger partial charge in [-0.2, -0.15) is 0 Å². The van der Waals surface area contributed by atoms with Gasteiger partial charge < -0.3 is 14.6 Å². The van der Waals surface area contributed by atoms with Crippen LogP contribution in [0.1, 0.15) is 59.3 Å². The fourth-order valence-corrected chi connectivity index (χ4v) is 2.00. The van der Waals surface area contributed by atoms with Crippen LogP contribution in [-0.2, 0) is 19.1 Å². The molecule has 1 aliphatic carbocycles. The van der Waals surface area contributed by atoms with Crippen molar-refractivity contribution >= 4 is 11.9 Å². The van der Waals surface area contributed by atoms with Gasteiger partial charge in [0.1, 0.15) is 11.7 Å². The number of ether oxygens (including phenoxy) is 2. The molecule has 110 valence electrons. The third-order valence-electron chi connectivity index (χ3n) is 2.90. The molecular weight excluding hydrogens is 248 g/mol. The van der Waals surface area contributed by atoms with Crippen LogP contribution in [0, 0.1) is 0 Å². The van der Waals surface area contributed by atoms with E-state index >= 15 is 0 Å². The molecule has 5 heteroatoms. The monoisotopic (exact) mass is 272 g/mol. The molecule has 0 amide bonds. The van der Waals surface area contributed by atoms with E-state index in [9.17, 15) is 14.7 Å². The van der Waals surface area contributed by atoms with Crippen LogP contribution in [0.3, 0.4) is 0 Å². The first kappa shape index (κ1) is 16.0. The van der Waals surface area contributed by atoms with E-state index in [0.29, 0.717) is 25.7 Å². The second-order valence-electron chi connectivity index (χ2n) is 6.01. The number of hydrogen-bond donors (Lipinski definition) is 1. The van der Waals surface area contributed by atoms with Gasteiger partial charge in [-0.05, 0) is 46.5 Å². The minimum absolute atomic E-state index is 0.0471. The fraction of sp³-hybridized carbons (Fsp3) is 0.857. The van der Waals surface area contributed by atoms with E-state index < -0.39 is 5.60 Å². The lowest BCUT2D eigenvalue weighted by atomic mass is 9.95. The number of aliphatic hydroxyl groups excluding tert-OH is 1. The van der Waals surface area contributed by atoms with E-state index in [-0.39, 0.29) is 37.0 Å². The molecule has 0 aromatic heterocycles. The highest BCUT2D eigenvalue weighted by atomic mass is 16.6. The van der Waals surface area contributed by atoms with Gasteiger partial charge >= 0.3 is 11.9 Å². The molecule has 0 aliphatic heterocycles. The predicted octanol–water partition coefficient (Wildman–Crippen LogP) is 1.95. The minimum atomic E-state index is -0.527. The van der Waals surface area contributed by atoms with Gasteiger partial charge in [0.15, 0.2) is 0 Å². The summed E-state index contributed by atoms with van der Waals surface area (Å²) < 4.78 is 10.4. The van der Waals surface area contributed by atoms with Crippen LogP contribution in [0.2, 0.25) is 0 Å². The van der Waals surface area contributed by atoms with Crippen LogP contribution < -0.4 is 0 Å². The molecule has 0 bridgehead atoms. The summed E-state index contributed by atoms with van der Waals surface area (Å²) in [6.45, 7) is 5.36. The van der Waals surface area contributed by atoms with Crippen molar-refractivity contribution in [2.75, 3.05) is 0 Å². The van der Waals surface area contributed by atoms with Crippen molar-refractivity contribution in [2.24, 2.45) is 0 Å². The van der Waals surface area contributed by atoms with Crippen LogP contribution in [0.4, 0.5) is 0 Å². The molecule has 0 spiro atoms. The smallest absolute Gasteiger partial charge is 0.306 e. The molecular formula is C14H24O5. The summed E-state index contributed by atoms with van der Waals surface area (Å²) in [5, 5.41) is 9.34. The van der Waals surface area contributed by atoms with Crippen molar-refractivity contribution in [3.8, 4) is 0 Å². The van der Waals surface area contributed by atoms with Gasteiger partial charge in [0.2, 0.25) is 0 Å². The summed E-state index contributed by atoms with van der Waals surface area (Å²) in [7, 11) is 0. The summed E-state index contributed by atoms with van der Waals surface area (Å²) in [5.41, 5.74) is -0.527. The molecule has 1 saturated carbocycles. The molecule has 0 radical (unpaired) electrons. The van der Waals surface area contributed by atoms with E-state index in [1.165, 1.54) is 0 Å². The quantitative estimate of drug-likeness (QED) is 0.792. The first-order chi connectivity index (χ1) is 8.76. The second kappa shape index (κ2) is 6.89. The first-order valence-corrected chi connectivity index (χ1v) is 6.85. The van der Waals surface area contributed by atoms with E-state index in [4.69, 9.17) is 9.47 Å². The van der Waals surface area contributed by atoms with Gasteiger partial charge in [0.05, 0.1) is 18.9 Å². The molecule has 0 unspecified atom stereocenters. The van der Waals surface area contributed by atoms with Crippen molar-refractivity contribution in [3.63, 3.8) is 0 Å². The van der Waals surface area contributed by atoms with E-state index in [2.05, 4.69) is 0 Å². The highest BCUT2D eigenvalue weighted by molar-refractivity contribution is 5.77. The third kappa shape index (κ3) is 7.15. The molecule has 0 aromatic carbocycles. The largest absolute Gasteiger partial charge is 0.462 e. The maximum absolute atomic E-state index is 11.6. The Morgan fingerprint density at radius 1 is 1.05 bits per heavy atom. The normalized spacial score (nSPS) is 23.8. The Bertz CT molecular complexity index is 310. The molecule has 19 heavy (non-hydrogen) atoms. The number of hydrogen-bond acceptors (Lipinski definition) is 5. The zero-order chi connectivity index (χ0) is 14.5. The summed E-state index contributed by atoms with van der Waals surface area (Å²) in [6.07, 6.45) is 2.44. The van der Waals surface area contributed by atoms with E-state index in [1.807, 2.05) is 0 Å². The molecule has 5 nitrogen and oxygen atoms in total. The molecule has 0 aromatic rings. The van der Waals surface area contributed by atoms with E-state index in [1.54, 1.807) is 20.8 Å². The van der Waals surface area contributed by atoms with Gasteiger partial charge in [-0.25, -0.2) is 0 Å². The molecule has 1 aliphatic rings. The highest BCUT2D eigenvalue weighted by Crippen LogP contribution is 2.21. The molecule has 0 heterocycles. The average molecular weight is 272 g/mol. The Balaban J connectivity index is 2.19. The van der Waals surface area contributed by atoms with Crippen molar-refractivity contribution in [3.05, 3.63) is 0 Å². The lowest BCUT2D eigenvalue weighted by Gasteiger charge is -2.25. The van der Waals surface area contributed by atoms with Crippen molar-refractivity contribution in [2.45, 2.75) is 77.1 Å². The second-order valence-corrected chi connectivity index (χ2v) is 6.01. The van der Waals surface area contributed by atoms with Crippen LogP contribution in [0.25, 0.3) is 0 Å². The van der Waals surface area contributed by atoms with Crippen molar-refractivity contribution in [1.29, 1.82) is 0 Å². The molecule has 1 N–H and O–H groups in total. The van der Waals surface area contributed by atoms with Gasteiger partial charge in [-0.3, -0.25) is 9.59 Å². The maximum atomic E-state index is 11.6. The Morgan fingerprint density at radius 2 is 1.58 bits per heavy atom. The Kier molecular flexibility index (Phi) is 5.79. The predicted molar refractivity (Wildman–Crippen MR) is 69.4 cm³/mol. The van der Waals surface area contributed by atoms with Crippen molar-refractivity contribution < 1.29 is 24.2 Å². The number of aliphatic hydroxyl groups is 1. The lowest BCUT2D eigenvalue weighted by molar-refractivity contribution is -0.160. The minimum Gasteiger partial charge on any atom is -0.462 e.